The Bertz CT molecular complexity index is 574. The zero-order valence-electron chi connectivity index (χ0n) is 9.64. The Kier molecular flexibility index (Phi) is 4.68. The molecule has 0 saturated carbocycles. The van der Waals surface area contributed by atoms with E-state index in [0.717, 1.165) is 19.2 Å². The number of nitrogens with one attached hydrogen (secondary N) is 1. The molecule has 3 nitrogen and oxygen atoms in total. The number of hydrogen-bond acceptors (Lipinski definition) is 4. The largest absolute Gasteiger partial charge is 0.348 e. The first-order valence-corrected chi connectivity index (χ1v) is 7.73. The first-order valence-electron chi connectivity index (χ1n) is 5.25. The van der Waals surface area contributed by atoms with Crippen LogP contribution in [0.4, 0.5) is 0 Å². The van der Waals surface area contributed by atoms with Gasteiger partial charge in [-0.25, -0.2) is 4.98 Å². The van der Waals surface area contributed by atoms with Gasteiger partial charge in [-0.2, -0.15) is 0 Å². The molecule has 0 spiro atoms. The predicted molar refractivity (Wildman–Crippen MR) is 79.8 cm³/mol. The molecule has 0 aliphatic rings. The van der Waals surface area contributed by atoms with Crippen LogP contribution in [-0.2, 0) is 11.3 Å². The van der Waals surface area contributed by atoms with E-state index in [-0.39, 0.29) is 5.91 Å². The van der Waals surface area contributed by atoms with Crippen LogP contribution in [0.25, 0.3) is 6.08 Å². The molecular formula is C12H11BrN2OS2. The monoisotopic (exact) mass is 342 g/mol. The summed E-state index contributed by atoms with van der Waals surface area (Å²) in [5.74, 6) is -0.0921. The highest BCUT2D eigenvalue weighted by Crippen LogP contribution is 2.20. The van der Waals surface area contributed by atoms with Crippen LogP contribution < -0.4 is 5.32 Å². The molecule has 6 heteroatoms. The van der Waals surface area contributed by atoms with E-state index in [9.17, 15) is 4.79 Å². The number of thiazole rings is 1. The van der Waals surface area contributed by atoms with Crippen molar-refractivity contribution in [1.29, 1.82) is 0 Å². The van der Waals surface area contributed by atoms with E-state index in [4.69, 9.17) is 0 Å². The number of aromatic nitrogens is 1. The molecule has 0 unspecified atom stereocenters. The summed E-state index contributed by atoms with van der Waals surface area (Å²) in [6, 6.07) is 1.97. The lowest BCUT2D eigenvalue weighted by Gasteiger charge is -1.97. The van der Waals surface area contributed by atoms with Gasteiger partial charge in [-0.05, 0) is 35.0 Å². The number of thiophene rings is 1. The van der Waals surface area contributed by atoms with Crippen LogP contribution in [0.5, 0.6) is 0 Å². The van der Waals surface area contributed by atoms with Crippen molar-refractivity contribution in [3.63, 3.8) is 0 Å². The number of amides is 1. The van der Waals surface area contributed by atoms with Crippen LogP contribution in [0.3, 0.4) is 0 Å². The average Bonchev–Trinajstić information content (AvgIpc) is 2.93. The Morgan fingerprint density at radius 3 is 3.06 bits per heavy atom. The molecule has 0 aliphatic carbocycles. The van der Waals surface area contributed by atoms with Crippen molar-refractivity contribution in [3.8, 4) is 0 Å². The van der Waals surface area contributed by atoms with E-state index in [1.807, 2.05) is 24.4 Å². The number of hydrogen-bond donors (Lipinski definition) is 1. The third-order valence-electron chi connectivity index (χ3n) is 2.09. The standard InChI is InChI=1S/C12H11BrN2OS2/c1-8-14-5-11(18-8)6-15-12(16)3-2-10-4-9(13)7-17-10/h2-5,7H,6H2,1H3,(H,15,16). The SMILES string of the molecule is Cc1ncc(CNC(=O)C=Cc2cc(Br)cs2)s1. The molecule has 2 aromatic rings. The highest BCUT2D eigenvalue weighted by Gasteiger charge is 2.00. The van der Waals surface area contributed by atoms with Crippen LogP contribution in [0, 0.1) is 6.92 Å². The van der Waals surface area contributed by atoms with Gasteiger partial charge in [0.05, 0.1) is 11.6 Å². The highest BCUT2D eigenvalue weighted by atomic mass is 79.9. The summed E-state index contributed by atoms with van der Waals surface area (Å²) in [4.78, 5) is 17.8. The second kappa shape index (κ2) is 6.26. The fraction of sp³-hybridized carbons (Fsp3) is 0.167. The lowest BCUT2D eigenvalue weighted by molar-refractivity contribution is -0.116. The van der Waals surface area contributed by atoms with E-state index >= 15 is 0 Å². The second-order valence-electron chi connectivity index (χ2n) is 3.56. The quantitative estimate of drug-likeness (QED) is 0.862. The normalized spacial score (nSPS) is 11.0. The lowest BCUT2D eigenvalue weighted by atomic mass is 10.4. The first-order chi connectivity index (χ1) is 8.63. The second-order valence-corrected chi connectivity index (χ2v) is 6.74. The highest BCUT2D eigenvalue weighted by molar-refractivity contribution is 9.10. The van der Waals surface area contributed by atoms with Crippen molar-refractivity contribution in [2.45, 2.75) is 13.5 Å². The van der Waals surface area contributed by atoms with Gasteiger partial charge in [-0.15, -0.1) is 22.7 Å². The molecule has 2 heterocycles. The minimum atomic E-state index is -0.0921. The molecular weight excluding hydrogens is 332 g/mol. The summed E-state index contributed by atoms with van der Waals surface area (Å²) in [6.07, 6.45) is 5.15. The molecule has 0 atom stereocenters. The maximum atomic E-state index is 11.6. The maximum absolute atomic E-state index is 11.6. The van der Waals surface area contributed by atoms with Crippen molar-refractivity contribution in [2.24, 2.45) is 0 Å². The molecule has 94 valence electrons. The van der Waals surface area contributed by atoms with E-state index in [2.05, 4.69) is 26.2 Å². The Balaban J connectivity index is 1.83. The fourth-order valence-electron chi connectivity index (χ4n) is 1.29. The van der Waals surface area contributed by atoms with Crippen LogP contribution in [0.2, 0.25) is 0 Å². The van der Waals surface area contributed by atoms with Crippen molar-refractivity contribution < 1.29 is 4.79 Å². The van der Waals surface area contributed by atoms with Gasteiger partial charge < -0.3 is 5.32 Å². The van der Waals surface area contributed by atoms with Crippen LogP contribution in [0.1, 0.15) is 14.8 Å². The molecule has 0 bridgehead atoms. The van der Waals surface area contributed by atoms with Gasteiger partial charge in [-0.1, -0.05) is 0 Å². The predicted octanol–water partition coefficient (Wildman–Crippen LogP) is 3.61. The number of aryl methyl sites for hydroxylation is 1. The smallest absolute Gasteiger partial charge is 0.244 e. The van der Waals surface area contributed by atoms with Crippen molar-refractivity contribution in [2.75, 3.05) is 0 Å². The summed E-state index contributed by atoms with van der Waals surface area (Å²) < 4.78 is 1.03. The zero-order chi connectivity index (χ0) is 13.0. The van der Waals surface area contributed by atoms with E-state index in [1.165, 1.54) is 0 Å². The molecule has 2 aromatic heterocycles. The Morgan fingerprint density at radius 1 is 1.61 bits per heavy atom. The summed E-state index contributed by atoms with van der Waals surface area (Å²) in [5.41, 5.74) is 0. The summed E-state index contributed by atoms with van der Waals surface area (Å²) in [7, 11) is 0. The zero-order valence-corrected chi connectivity index (χ0v) is 12.9. The van der Waals surface area contributed by atoms with Gasteiger partial charge >= 0.3 is 0 Å². The summed E-state index contributed by atoms with van der Waals surface area (Å²) >= 11 is 6.55. The van der Waals surface area contributed by atoms with Gasteiger partial charge in [0.15, 0.2) is 0 Å². The molecule has 0 radical (unpaired) electrons. The van der Waals surface area contributed by atoms with Crippen molar-refractivity contribution in [1.82, 2.24) is 10.3 Å². The lowest BCUT2D eigenvalue weighted by Crippen LogP contribution is -2.19. The Hall–Kier alpha value is -0.980. The number of carbonyl (C=O) groups excluding carboxylic acids is 1. The van der Waals surface area contributed by atoms with Crippen LogP contribution in [-0.4, -0.2) is 10.9 Å². The van der Waals surface area contributed by atoms with Crippen molar-refractivity contribution >= 4 is 50.6 Å². The minimum absolute atomic E-state index is 0.0921. The van der Waals surface area contributed by atoms with E-state index in [1.54, 1.807) is 34.9 Å². The van der Waals surface area contributed by atoms with Gasteiger partial charge in [-0.3, -0.25) is 4.79 Å². The third-order valence-corrected chi connectivity index (χ3v) is 4.66. The molecule has 18 heavy (non-hydrogen) atoms. The fourth-order valence-corrected chi connectivity index (χ4v) is 3.37. The molecule has 0 aliphatic heterocycles. The van der Waals surface area contributed by atoms with E-state index < -0.39 is 0 Å². The molecule has 1 amide bonds. The van der Waals surface area contributed by atoms with E-state index in [0.29, 0.717) is 6.54 Å². The molecule has 0 fully saturated rings. The van der Waals surface area contributed by atoms with Crippen LogP contribution >= 0.6 is 38.6 Å². The Labute approximate surface area is 122 Å². The van der Waals surface area contributed by atoms with Gasteiger partial charge in [0.2, 0.25) is 5.91 Å². The molecule has 0 aromatic carbocycles. The Morgan fingerprint density at radius 2 is 2.44 bits per heavy atom. The maximum Gasteiger partial charge on any atom is 0.244 e. The van der Waals surface area contributed by atoms with Gasteiger partial charge in [0, 0.05) is 31.9 Å². The topological polar surface area (TPSA) is 42.0 Å². The first kappa shape index (κ1) is 13.5. The van der Waals surface area contributed by atoms with Crippen LogP contribution in [0.15, 0.2) is 28.2 Å². The van der Waals surface area contributed by atoms with Gasteiger partial charge in [0.1, 0.15) is 0 Å². The third kappa shape index (κ3) is 4.04. The minimum Gasteiger partial charge on any atom is -0.348 e. The number of carbonyl (C=O) groups is 1. The van der Waals surface area contributed by atoms with Gasteiger partial charge in [0.25, 0.3) is 0 Å². The number of rotatable bonds is 4. The summed E-state index contributed by atoms with van der Waals surface area (Å²) in [6.45, 7) is 2.48. The molecule has 1 N–H and O–H groups in total. The molecule has 2 rings (SSSR count). The van der Waals surface area contributed by atoms with Crippen molar-refractivity contribution in [3.05, 3.63) is 43.0 Å². The molecule has 0 saturated heterocycles. The summed E-state index contributed by atoms with van der Waals surface area (Å²) in [5, 5.41) is 5.82. The average molecular weight is 343 g/mol. The number of nitrogens with zero attached hydrogens (tertiary/aromatic N) is 1. The number of halogens is 1.